The summed E-state index contributed by atoms with van der Waals surface area (Å²) in [6, 6.07) is 16.2. The number of rotatable bonds is 11. The highest BCUT2D eigenvalue weighted by Crippen LogP contribution is 2.36. The molecule has 0 unspecified atom stereocenters. The van der Waals surface area contributed by atoms with Crippen molar-refractivity contribution < 1.29 is 9.53 Å². The molecule has 0 bridgehead atoms. The lowest BCUT2D eigenvalue weighted by atomic mass is 10.0. The van der Waals surface area contributed by atoms with Crippen LogP contribution in [0.3, 0.4) is 0 Å². The summed E-state index contributed by atoms with van der Waals surface area (Å²) < 4.78 is 8.45. The monoisotopic (exact) mass is 519 g/mol. The number of carbonyl (C=O) groups is 1. The van der Waals surface area contributed by atoms with Gasteiger partial charge in [-0.3, -0.25) is 9.69 Å². The van der Waals surface area contributed by atoms with Crippen molar-refractivity contribution in [1.82, 2.24) is 14.7 Å². The van der Waals surface area contributed by atoms with E-state index in [1.165, 1.54) is 11.8 Å². The number of aromatic nitrogens is 2. The minimum absolute atomic E-state index is 0.0182. The van der Waals surface area contributed by atoms with E-state index in [1.807, 2.05) is 59.4 Å². The molecule has 0 saturated carbocycles. The maximum atomic E-state index is 13.2. The summed E-state index contributed by atoms with van der Waals surface area (Å²) in [5.41, 5.74) is 4.70. The Morgan fingerprint density at radius 1 is 1.06 bits per heavy atom. The van der Waals surface area contributed by atoms with Gasteiger partial charge in [0.15, 0.2) is 0 Å². The van der Waals surface area contributed by atoms with E-state index < -0.39 is 0 Å². The van der Waals surface area contributed by atoms with Crippen molar-refractivity contribution in [2.45, 2.75) is 52.9 Å². The largest absolute Gasteiger partial charge is 0.493 e. The number of ether oxygens (including phenoxy) is 1. The Morgan fingerprint density at radius 2 is 1.83 bits per heavy atom. The van der Waals surface area contributed by atoms with Gasteiger partial charge in [-0.1, -0.05) is 75.3 Å². The lowest BCUT2D eigenvalue weighted by Crippen LogP contribution is -2.28. The summed E-state index contributed by atoms with van der Waals surface area (Å²) in [7, 11) is 0. The Balaban J connectivity index is 1.69. The van der Waals surface area contributed by atoms with Crippen LogP contribution in [0.5, 0.6) is 5.75 Å². The van der Waals surface area contributed by atoms with E-state index in [0.29, 0.717) is 22.4 Å². The molecule has 0 radical (unpaired) electrons. The lowest BCUT2D eigenvalue weighted by Gasteiger charge is -2.13. The van der Waals surface area contributed by atoms with Crippen LogP contribution in [-0.4, -0.2) is 38.1 Å². The molecule has 1 aromatic heterocycles. The SMILES string of the molecule is CCCCCN1C(=O)/C(=C/c2cn(-c3ccccc3)nc2-c2ccc(OCCCC)c(C)c2)SC1=S. The van der Waals surface area contributed by atoms with Gasteiger partial charge in [-0.05, 0) is 61.7 Å². The first-order chi connectivity index (χ1) is 17.5. The van der Waals surface area contributed by atoms with Gasteiger partial charge < -0.3 is 4.74 Å². The maximum absolute atomic E-state index is 13.2. The van der Waals surface area contributed by atoms with Crippen LogP contribution in [0.4, 0.5) is 0 Å². The topological polar surface area (TPSA) is 47.4 Å². The second kappa shape index (κ2) is 12.4. The second-order valence-corrected chi connectivity index (χ2v) is 10.6. The van der Waals surface area contributed by atoms with E-state index >= 15 is 0 Å². The van der Waals surface area contributed by atoms with Gasteiger partial charge in [0, 0.05) is 23.9 Å². The van der Waals surface area contributed by atoms with E-state index in [0.717, 1.165) is 65.9 Å². The summed E-state index contributed by atoms with van der Waals surface area (Å²) in [5.74, 6) is 0.875. The lowest BCUT2D eigenvalue weighted by molar-refractivity contribution is -0.122. The molecule has 1 aliphatic rings. The molecule has 188 valence electrons. The predicted molar refractivity (Wildman–Crippen MR) is 154 cm³/mol. The van der Waals surface area contributed by atoms with Crippen LogP contribution in [0.15, 0.2) is 59.6 Å². The first kappa shape index (κ1) is 26.2. The van der Waals surface area contributed by atoms with Crippen LogP contribution in [0, 0.1) is 6.92 Å². The van der Waals surface area contributed by atoms with Crippen LogP contribution in [0.2, 0.25) is 0 Å². The Bertz CT molecular complexity index is 1250. The minimum atomic E-state index is -0.0182. The number of aryl methyl sites for hydroxylation is 1. The van der Waals surface area contributed by atoms with Crippen LogP contribution >= 0.6 is 24.0 Å². The zero-order chi connectivity index (χ0) is 25.5. The predicted octanol–water partition coefficient (Wildman–Crippen LogP) is 7.42. The van der Waals surface area contributed by atoms with Crippen molar-refractivity contribution in [3.63, 3.8) is 0 Å². The van der Waals surface area contributed by atoms with Crippen LogP contribution in [0.25, 0.3) is 23.0 Å². The molecule has 0 atom stereocenters. The number of carbonyl (C=O) groups excluding carboxylic acids is 1. The number of hydrogen-bond acceptors (Lipinski definition) is 5. The molecule has 5 nitrogen and oxygen atoms in total. The Morgan fingerprint density at radius 3 is 2.56 bits per heavy atom. The Hall–Kier alpha value is -2.90. The normalized spacial score (nSPS) is 14.8. The highest BCUT2D eigenvalue weighted by atomic mass is 32.2. The van der Waals surface area contributed by atoms with E-state index in [9.17, 15) is 4.79 Å². The third-order valence-electron chi connectivity index (χ3n) is 6.11. The first-order valence-electron chi connectivity index (χ1n) is 12.7. The first-order valence-corrected chi connectivity index (χ1v) is 13.9. The molecule has 0 aliphatic carbocycles. The van der Waals surface area contributed by atoms with Crippen molar-refractivity contribution in [2.75, 3.05) is 13.2 Å². The molecular formula is C29H33N3O2S2. The zero-order valence-corrected chi connectivity index (χ0v) is 22.8. The molecule has 1 amide bonds. The summed E-state index contributed by atoms with van der Waals surface area (Å²) in [5, 5.41) is 4.93. The van der Waals surface area contributed by atoms with E-state index in [-0.39, 0.29) is 5.91 Å². The van der Waals surface area contributed by atoms with Gasteiger partial charge in [-0.25, -0.2) is 4.68 Å². The molecule has 4 rings (SSSR count). The fourth-order valence-electron chi connectivity index (χ4n) is 4.07. The number of benzene rings is 2. The second-order valence-electron chi connectivity index (χ2n) is 8.94. The Kier molecular flexibility index (Phi) is 8.99. The minimum Gasteiger partial charge on any atom is -0.493 e. The van der Waals surface area contributed by atoms with Crippen LogP contribution < -0.4 is 4.74 Å². The van der Waals surface area contributed by atoms with Gasteiger partial charge in [0.2, 0.25) is 0 Å². The third kappa shape index (κ3) is 6.08. The molecule has 2 aromatic carbocycles. The third-order valence-corrected chi connectivity index (χ3v) is 7.49. The van der Waals surface area contributed by atoms with Crippen molar-refractivity contribution in [3.05, 3.63) is 70.8 Å². The van der Waals surface area contributed by atoms with Gasteiger partial charge in [-0.2, -0.15) is 5.10 Å². The van der Waals surface area contributed by atoms with Crippen molar-refractivity contribution in [1.29, 1.82) is 0 Å². The molecule has 2 heterocycles. The standard InChI is InChI=1S/C29H33N3O2S2/c1-4-6-11-16-31-28(33)26(36-29(31)35)19-23-20-32(24-12-9-8-10-13-24)30-27(23)22-14-15-25(21(3)18-22)34-17-7-5-2/h8-10,12-15,18-20H,4-7,11,16-17H2,1-3H3/b26-19-. The molecular weight excluding hydrogens is 486 g/mol. The molecule has 36 heavy (non-hydrogen) atoms. The summed E-state index contributed by atoms with van der Waals surface area (Å²) in [4.78, 5) is 15.5. The average molecular weight is 520 g/mol. The number of thioether (sulfide) groups is 1. The van der Waals surface area contributed by atoms with Gasteiger partial charge in [0.25, 0.3) is 5.91 Å². The molecule has 0 N–H and O–H groups in total. The fourth-order valence-corrected chi connectivity index (χ4v) is 5.37. The van der Waals surface area contributed by atoms with Crippen molar-refractivity contribution >= 4 is 40.3 Å². The number of unbranched alkanes of at least 4 members (excludes halogenated alkanes) is 3. The molecule has 1 aliphatic heterocycles. The number of amides is 1. The average Bonchev–Trinajstić information content (AvgIpc) is 3.42. The van der Waals surface area contributed by atoms with Crippen LogP contribution in [-0.2, 0) is 4.79 Å². The molecule has 1 saturated heterocycles. The molecule has 3 aromatic rings. The summed E-state index contributed by atoms with van der Waals surface area (Å²) >= 11 is 6.91. The van der Waals surface area contributed by atoms with Crippen molar-refractivity contribution in [3.8, 4) is 22.7 Å². The fraction of sp³-hybridized carbons (Fsp3) is 0.345. The molecule has 0 spiro atoms. The van der Waals surface area contributed by atoms with Gasteiger partial charge in [0.1, 0.15) is 15.8 Å². The number of thiocarbonyl (C=S) groups is 1. The van der Waals surface area contributed by atoms with Gasteiger partial charge in [0.05, 0.1) is 17.2 Å². The number of para-hydroxylation sites is 1. The van der Waals surface area contributed by atoms with Gasteiger partial charge in [-0.15, -0.1) is 0 Å². The highest BCUT2D eigenvalue weighted by Gasteiger charge is 2.32. The quantitative estimate of drug-likeness (QED) is 0.150. The van der Waals surface area contributed by atoms with Crippen molar-refractivity contribution in [2.24, 2.45) is 0 Å². The van der Waals surface area contributed by atoms with Gasteiger partial charge >= 0.3 is 0 Å². The summed E-state index contributed by atoms with van der Waals surface area (Å²) in [6.45, 7) is 7.75. The Labute approximate surface area is 223 Å². The number of nitrogens with zero attached hydrogens (tertiary/aromatic N) is 3. The van der Waals surface area contributed by atoms with E-state index in [4.69, 9.17) is 22.1 Å². The maximum Gasteiger partial charge on any atom is 0.266 e. The van der Waals surface area contributed by atoms with Crippen LogP contribution in [0.1, 0.15) is 57.1 Å². The smallest absolute Gasteiger partial charge is 0.266 e. The zero-order valence-electron chi connectivity index (χ0n) is 21.2. The van der Waals surface area contributed by atoms with E-state index in [2.05, 4.69) is 26.8 Å². The molecule has 7 heteroatoms. The molecule has 1 fully saturated rings. The number of hydrogen-bond donors (Lipinski definition) is 0. The highest BCUT2D eigenvalue weighted by molar-refractivity contribution is 8.26. The summed E-state index contributed by atoms with van der Waals surface area (Å²) in [6.07, 6.45) is 9.19. The van der Waals surface area contributed by atoms with E-state index in [1.54, 1.807) is 4.90 Å².